The number of amides is 1. The van der Waals surface area contributed by atoms with Crippen molar-refractivity contribution in [1.82, 2.24) is 18.8 Å². The molecule has 0 saturated carbocycles. The molecular formula is C18H25N5O5S3. The third kappa shape index (κ3) is 5.12. The quantitative estimate of drug-likeness (QED) is 0.633. The van der Waals surface area contributed by atoms with Crippen LogP contribution in [0.25, 0.3) is 0 Å². The van der Waals surface area contributed by atoms with Crippen LogP contribution in [0.3, 0.4) is 0 Å². The van der Waals surface area contributed by atoms with E-state index in [1.54, 1.807) is 45.0 Å². The summed E-state index contributed by atoms with van der Waals surface area (Å²) >= 11 is 0.767. The van der Waals surface area contributed by atoms with Crippen LogP contribution in [0, 0.1) is 12.3 Å². The third-order valence-electron chi connectivity index (χ3n) is 4.73. The van der Waals surface area contributed by atoms with Crippen molar-refractivity contribution in [2.75, 3.05) is 31.5 Å². The van der Waals surface area contributed by atoms with E-state index in [1.807, 2.05) is 6.92 Å². The highest BCUT2D eigenvalue weighted by molar-refractivity contribution is 7.91. The van der Waals surface area contributed by atoms with Crippen LogP contribution in [0.5, 0.6) is 0 Å². The summed E-state index contributed by atoms with van der Waals surface area (Å²) in [6.07, 6.45) is 0. The average Bonchev–Trinajstić information content (AvgIpc) is 3.17. The Bertz CT molecular complexity index is 1160. The number of hydrogen-bond donors (Lipinski definition) is 1. The summed E-state index contributed by atoms with van der Waals surface area (Å²) in [7, 11) is -7.64. The summed E-state index contributed by atoms with van der Waals surface area (Å²) in [4.78, 5) is 12.2. The van der Waals surface area contributed by atoms with Crippen LogP contribution in [-0.2, 0) is 24.8 Å². The first kappa shape index (κ1) is 23.7. The molecule has 0 radical (unpaired) electrons. The molecule has 1 fully saturated rings. The molecule has 1 aromatic heterocycles. The van der Waals surface area contributed by atoms with Crippen molar-refractivity contribution in [2.45, 2.75) is 36.9 Å². The van der Waals surface area contributed by atoms with Crippen LogP contribution in [-0.4, -0.2) is 67.7 Å². The number of sulfonamides is 2. The van der Waals surface area contributed by atoms with E-state index in [2.05, 4.69) is 15.5 Å². The molecule has 0 unspecified atom stereocenters. The second-order valence-electron chi connectivity index (χ2n) is 8.20. The van der Waals surface area contributed by atoms with Gasteiger partial charge in [0, 0.05) is 31.6 Å². The van der Waals surface area contributed by atoms with Crippen molar-refractivity contribution < 1.29 is 21.6 Å². The lowest BCUT2D eigenvalue weighted by molar-refractivity contribution is -0.123. The van der Waals surface area contributed by atoms with E-state index in [4.69, 9.17) is 0 Å². The van der Waals surface area contributed by atoms with Gasteiger partial charge in [0.25, 0.3) is 10.0 Å². The zero-order valence-electron chi connectivity index (χ0n) is 17.7. The van der Waals surface area contributed by atoms with Crippen LogP contribution in [0.2, 0.25) is 0 Å². The number of hydrogen-bond acceptors (Lipinski definition) is 8. The van der Waals surface area contributed by atoms with E-state index >= 15 is 0 Å². The van der Waals surface area contributed by atoms with E-state index in [-0.39, 0.29) is 46.5 Å². The van der Waals surface area contributed by atoms with Crippen LogP contribution in [0.15, 0.2) is 33.5 Å². The van der Waals surface area contributed by atoms with Crippen LogP contribution >= 0.6 is 11.3 Å². The molecule has 13 heteroatoms. The third-order valence-corrected chi connectivity index (χ3v) is 9.72. The number of rotatable bonds is 5. The van der Waals surface area contributed by atoms with Gasteiger partial charge >= 0.3 is 0 Å². The lowest BCUT2D eigenvalue weighted by Gasteiger charge is -2.32. The fourth-order valence-corrected chi connectivity index (χ4v) is 6.65. The topological polar surface area (TPSA) is 130 Å². The summed E-state index contributed by atoms with van der Waals surface area (Å²) in [6, 6.07) is 6.53. The molecule has 1 aliphatic rings. The van der Waals surface area contributed by atoms with Crippen molar-refractivity contribution in [3.05, 3.63) is 29.8 Å². The van der Waals surface area contributed by atoms with Gasteiger partial charge in [-0.2, -0.15) is 8.61 Å². The van der Waals surface area contributed by atoms with Gasteiger partial charge in [-0.05, 0) is 19.1 Å². The molecular weight excluding hydrogens is 462 g/mol. The molecule has 31 heavy (non-hydrogen) atoms. The Hall–Kier alpha value is -1.93. The summed E-state index contributed by atoms with van der Waals surface area (Å²) in [5.41, 5.74) is 0.286. The molecule has 10 nitrogen and oxygen atoms in total. The van der Waals surface area contributed by atoms with Gasteiger partial charge < -0.3 is 5.32 Å². The maximum atomic E-state index is 12.9. The molecule has 1 aliphatic heterocycles. The second-order valence-corrected chi connectivity index (χ2v) is 13.2. The predicted molar refractivity (Wildman–Crippen MR) is 117 cm³/mol. The van der Waals surface area contributed by atoms with E-state index in [0.717, 1.165) is 16.9 Å². The number of nitrogens with zero attached hydrogens (tertiary/aromatic N) is 4. The van der Waals surface area contributed by atoms with Crippen molar-refractivity contribution in [3.8, 4) is 0 Å². The first-order chi connectivity index (χ1) is 14.3. The van der Waals surface area contributed by atoms with Crippen LogP contribution in [0.4, 0.5) is 5.13 Å². The number of nitrogens with one attached hydrogen (secondary N) is 1. The number of anilines is 1. The second kappa shape index (κ2) is 8.54. The minimum absolute atomic E-state index is 0.00329. The smallest absolute Gasteiger partial charge is 0.272 e. The highest BCUT2D eigenvalue weighted by atomic mass is 32.2. The maximum Gasteiger partial charge on any atom is 0.272 e. The SMILES string of the molecule is Cc1ccc(S(=O)(=O)N2CCN(S(=O)(=O)c3nnc(NC(=O)C(C)(C)C)s3)CC2)cc1. The number of aromatic nitrogens is 2. The summed E-state index contributed by atoms with van der Waals surface area (Å²) in [6.45, 7) is 7.10. The first-order valence-corrected chi connectivity index (χ1v) is 13.2. The van der Waals surface area contributed by atoms with Gasteiger partial charge in [-0.15, -0.1) is 10.2 Å². The van der Waals surface area contributed by atoms with Gasteiger partial charge in [-0.1, -0.05) is 49.8 Å². The molecule has 3 rings (SSSR count). The average molecular weight is 488 g/mol. The predicted octanol–water partition coefficient (Wildman–Crippen LogP) is 1.53. The Morgan fingerprint density at radius 2 is 1.45 bits per heavy atom. The fraction of sp³-hybridized carbons (Fsp3) is 0.500. The van der Waals surface area contributed by atoms with Crippen molar-refractivity contribution in [1.29, 1.82) is 0 Å². The van der Waals surface area contributed by atoms with E-state index in [9.17, 15) is 21.6 Å². The van der Waals surface area contributed by atoms with Crippen LogP contribution < -0.4 is 5.32 Å². The molecule has 1 amide bonds. The number of aryl methyl sites for hydroxylation is 1. The Morgan fingerprint density at radius 3 is 1.97 bits per heavy atom. The van der Waals surface area contributed by atoms with Crippen molar-refractivity contribution in [2.24, 2.45) is 5.41 Å². The summed E-state index contributed by atoms with van der Waals surface area (Å²) in [5.74, 6) is -0.303. The Kier molecular flexibility index (Phi) is 6.54. The van der Waals surface area contributed by atoms with E-state index < -0.39 is 25.5 Å². The number of carbonyl (C=O) groups excluding carboxylic acids is 1. The van der Waals surface area contributed by atoms with Gasteiger partial charge in [0.1, 0.15) is 0 Å². The monoisotopic (exact) mass is 487 g/mol. The number of carbonyl (C=O) groups is 1. The normalized spacial score (nSPS) is 16.9. The number of benzene rings is 1. The Morgan fingerprint density at radius 1 is 0.935 bits per heavy atom. The zero-order valence-corrected chi connectivity index (χ0v) is 20.1. The van der Waals surface area contributed by atoms with E-state index in [1.165, 1.54) is 8.61 Å². The highest BCUT2D eigenvalue weighted by Crippen LogP contribution is 2.27. The standard InChI is InChI=1S/C18H25N5O5S3/c1-13-5-7-14(8-6-13)30(25,26)22-9-11-23(12-10-22)31(27,28)17-21-20-16(29-17)19-15(24)18(2,3)4/h5-8H,9-12H2,1-4H3,(H,19,20,24). The highest BCUT2D eigenvalue weighted by Gasteiger charge is 2.35. The Labute approximate surface area is 186 Å². The van der Waals surface area contributed by atoms with E-state index in [0.29, 0.717) is 0 Å². The molecule has 1 saturated heterocycles. The molecule has 2 aromatic rings. The molecule has 0 aliphatic carbocycles. The molecule has 0 spiro atoms. The lowest BCUT2D eigenvalue weighted by Crippen LogP contribution is -2.50. The molecule has 0 bridgehead atoms. The zero-order chi connectivity index (χ0) is 23.0. The number of piperazine rings is 1. The summed E-state index contributed by atoms with van der Waals surface area (Å²) < 4.78 is 53.6. The maximum absolute atomic E-state index is 12.9. The van der Waals surface area contributed by atoms with Crippen molar-refractivity contribution in [3.63, 3.8) is 0 Å². The van der Waals surface area contributed by atoms with Gasteiger partial charge in [0.05, 0.1) is 4.90 Å². The molecule has 1 N–H and O–H groups in total. The molecule has 1 aromatic carbocycles. The van der Waals surface area contributed by atoms with Gasteiger partial charge in [-0.3, -0.25) is 4.79 Å². The van der Waals surface area contributed by atoms with Crippen LogP contribution in [0.1, 0.15) is 26.3 Å². The first-order valence-electron chi connectivity index (χ1n) is 9.54. The minimum atomic E-state index is -3.95. The fourth-order valence-electron chi connectivity index (χ4n) is 2.77. The van der Waals surface area contributed by atoms with Gasteiger partial charge in [-0.25, -0.2) is 16.8 Å². The van der Waals surface area contributed by atoms with Gasteiger partial charge in [0.2, 0.25) is 25.4 Å². The largest absolute Gasteiger partial charge is 0.300 e. The molecule has 2 heterocycles. The summed E-state index contributed by atoms with van der Waals surface area (Å²) in [5, 5.41) is 10.1. The van der Waals surface area contributed by atoms with Gasteiger partial charge in [0.15, 0.2) is 0 Å². The van der Waals surface area contributed by atoms with Crippen molar-refractivity contribution >= 4 is 42.4 Å². The molecule has 170 valence electrons. The Balaban J connectivity index is 1.69. The molecule has 0 atom stereocenters. The minimum Gasteiger partial charge on any atom is -0.300 e. The lowest BCUT2D eigenvalue weighted by atomic mass is 9.96.